The summed E-state index contributed by atoms with van der Waals surface area (Å²) in [5.41, 5.74) is 4.41. The third-order valence-corrected chi connectivity index (χ3v) is 5.02. The maximum atomic E-state index is 13.5. The van der Waals surface area contributed by atoms with E-state index in [4.69, 9.17) is 0 Å². The molecule has 1 aliphatic rings. The van der Waals surface area contributed by atoms with Gasteiger partial charge < -0.3 is 16.0 Å². The quantitative estimate of drug-likeness (QED) is 0.494. The summed E-state index contributed by atoms with van der Waals surface area (Å²) in [6.45, 7) is 7.60. The normalized spacial score (nSPS) is 12.8. The minimum atomic E-state index is -0.564. The van der Waals surface area contributed by atoms with Crippen molar-refractivity contribution in [2.24, 2.45) is 4.99 Å². The van der Waals surface area contributed by atoms with E-state index in [1.54, 1.807) is 19.1 Å². The summed E-state index contributed by atoms with van der Waals surface area (Å²) < 4.78 is 13.5. The van der Waals surface area contributed by atoms with Gasteiger partial charge in [0.1, 0.15) is 11.5 Å². The molecule has 0 fully saturated rings. The number of rotatable bonds is 6. The number of nitrogens with zero attached hydrogens (tertiary/aromatic N) is 5. The summed E-state index contributed by atoms with van der Waals surface area (Å²) in [5.74, 6) is 0.324. The second-order valence-electron chi connectivity index (χ2n) is 7.77. The Morgan fingerprint density at radius 1 is 1.03 bits per heavy atom. The van der Waals surface area contributed by atoms with E-state index in [-0.39, 0.29) is 18.1 Å². The fourth-order valence-corrected chi connectivity index (χ4v) is 3.57. The molecule has 170 valence electrons. The molecule has 0 saturated carbocycles. The van der Waals surface area contributed by atoms with Crippen LogP contribution in [0.2, 0.25) is 0 Å². The number of carbonyl (C=O) groups excluding carboxylic acids is 1. The summed E-state index contributed by atoms with van der Waals surface area (Å²) in [7, 11) is 0. The molecular formula is C23H25FN8O. The molecule has 0 aliphatic carbocycles. The molecule has 33 heavy (non-hydrogen) atoms. The van der Waals surface area contributed by atoms with Gasteiger partial charge in [-0.25, -0.2) is 19.9 Å². The van der Waals surface area contributed by atoms with E-state index in [0.717, 1.165) is 30.0 Å². The van der Waals surface area contributed by atoms with Crippen molar-refractivity contribution < 1.29 is 9.18 Å². The molecule has 0 spiro atoms. The van der Waals surface area contributed by atoms with Crippen molar-refractivity contribution in [2.75, 3.05) is 13.1 Å². The maximum absolute atomic E-state index is 13.5. The van der Waals surface area contributed by atoms with Crippen molar-refractivity contribution >= 4 is 11.9 Å². The van der Waals surface area contributed by atoms with Gasteiger partial charge in [0.15, 0.2) is 5.96 Å². The lowest BCUT2D eigenvalue weighted by atomic mass is 10.1. The number of guanidine groups is 1. The third kappa shape index (κ3) is 5.65. The molecule has 0 saturated heterocycles. The second-order valence-corrected chi connectivity index (χ2v) is 7.77. The number of aromatic nitrogens is 4. The molecule has 10 heteroatoms. The Morgan fingerprint density at radius 2 is 1.82 bits per heavy atom. The number of aliphatic imine (C=N–C) groups is 1. The molecule has 4 heterocycles. The average Bonchev–Trinajstić information content (AvgIpc) is 3.29. The summed E-state index contributed by atoms with van der Waals surface area (Å²) >= 11 is 0. The molecule has 1 amide bonds. The molecule has 0 bridgehead atoms. The molecule has 3 aromatic heterocycles. The standard InChI is InChI=1S/C23H25FN8O/c1-13-8-14(2)30-21(29-13)12-27-22(33)19-10-16(11-28-23-25-6-7-26-23)9-18(32-19)17-4-5-20(24)31-15(17)3/h4-5,8-10H,6-7,11-12H2,1-3H3,(H,27,33)(H2,25,26,28). The molecule has 0 radical (unpaired) electrons. The summed E-state index contributed by atoms with van der Waals surface area (Å²) in [4.78, 5) is 34.4. The van der Waals surface area contributed by atoms with Crippen LogP contribution in [0.1, 0.15) is 39.0 Å². The number of pyridine rings is 2. The van der Waals surface area contributed by atoms with Crippen LogP contribution in [0.15, 0.2) is 35.3 Å². The van der Waals surface area contributed by atoms with Crippen LogP contribution < -0.4 is 16.0 Å². The molecular weight excluding hydrogens is 423 g/mol. The smallest absolute Gasteiger partial charge is 0.270 e. The van der Waals surface area contributed by atoms with E-state index in [2.05, 4.69) is 40.9 Å². The second kappa shape index (κ2) is 9.68. The lowest BCUT2D eigenvalue weighted by Crippen LogP contribution is -2.33. The Morgan fingerprint density at radius 3 is 2.52 bits per heavy atom. The van der Waals surface area contributed by atoms with Gasteiger partial charge in [0.05, 0.1) is 18.8 Å². The summed E-state index contributed by atoms with van der Waals surface area (Å²) in [6.07, 6.45) is 0. The summed E-state index contributed by atoms with van der Waals surface area (Å²) in [5, 5.41) is 9.21. The van der Waals surface area contributed by atoms with Crippen molar-refractivity contribution in [3.63, 3.8) is 0 Å². The zero-order valence-electron chi connectivity index (χ0n) is 18.7. The van der Waals surface area contributed by atoms with Gasteiger partial charge >= 0.3 is 0 Å². The van der Waals surface area contributed by atoms with Crippen molar-refractivity contribution in [3.05, 3.63) is 70.4 Å². The number of carbonyl (C=O) groups is 1. The van der Waals surface area contributed by atoms with E-state index in [0.29, 0.717) is 35.3 Å². The van der Waals surface area contributed by atoms with Gasteiger partial charge in [-0.05, 0) is 56.7 Å². The van der Waals surface area contributed by atoms with E-state index >= 15 is 0 Å². The highest BCUT2D eigenvalue weighted by molar-refractivity contribution is 5.93. The highest BCUT2D eigenvalue weighted by atomic mass is 19.1. The fraction of sp³-hybridized carbons (Fsp3) is 0.304. The lowest BCUT2D eigenvalue weighted by molar-refractivity contribution is 0.0944. The lowest BCUT2D eigenvalue weighted by Gasteiger charge is -2.12. The third-order valence-electron chi connectivity index (χ3n) is 5.02. The molecule has 3 N–H and O–H groups in total. The molecule has 0 aromatic carbocycles. The van der Waals surface area contributed by atoms with Gasteiger partial charge in [-0.2, -0.15) is 4.39 Å². The van der Waals surface area contributed by atoms with Crippen molar-refractivity contribution in [2.45, 2.75) is 33.9 Å². The minimum absolute atomic E-state index is 0.179. The summed E-state index contributed by atoms with van der Waals surface area (Å²) in [6, 6.07) is 8.34. The van der Waals surface area contributed by atoms with E-state index in [1.165, 1.54) is 6.07 Å². The van der Waals surface area contributed by atoms with Crippen LogP contribution >= 0.6 is 0 Å². The molecule has 4 rings (SSSR count). The molecule has 3 aromatic rings. The van der Waals surface area contributed by atoms with Gasteiger partial charge in [0, 0.05) is 35.7 Å². The van der Waals surface area contributed by atoms with Crippen LogP contribution in [-0.4, -0.2) is 44.9 Å². The van der Waals surface area contributed by atoms with Crippen LogP contribution in [0.3, 0.4) is 0 Å². The van der Waals surface area contributed by atoms with Gasteiger partial charge in [0.2, 0.25) is 5.95 Å². The topological polar surface area (TPSA) is 117 Å². The predicted octanol–water partition coefficient (Wildman–Crippen LogP) is 1.98. The number of hydrogen-bond donors (Lipinski definition) is 3. The van der Waals surface area contributed by atoms with Crippen LogP contribution in [0.4, 0.5) is 4.39 Å². The molecule has 0 unspecified atom stereocenters. The van der Waals surface area contributed by atoms with Gasteiger partial charge in [-0.1, -0.05) is 0 Å². The van der Waals surface area contributed by atoms with E-state index in [1.807, 2.05) is 26.0 Å². The van der Waals surface area contributed by atoms with Crippen LogP contribution in [0.25, 0.3) is 11.3 Å². The Bertz CT molecular complexity index is 1210. The Balaban J connectivity index is 1.60. The van der Waals surface area contributed by atoms with Gasteiger partial charge in [-0.3, -0.25) is 9.79 Å². The fourth-order valence-electron chi connectivity index (χ4n) is 3.57. The first kappa shape index (κ1) is 22.3. The van der Waals surface area contributed by atoms with Crippen LogP contribution in [0, 0.1) is 26.7 Å². The van der Waals surface area contributed by atoms with Crippen LogP contribution in [-0.2, 0) is 13.1 Å². The first-order chi connectivity index (χ1) is 15.9. The Labute approximate surface area is 191 Å². The Hall–Kier alpha value is -3.95. The number of aryl methyl sites for hydroxylation is 3. The maximum Gasteiger partial charge on any atom is 0.270 e. The number of hydrogen-bond acceptors (Lipinski definition) is 8. The molecule has 0 atom stereocenters. The Kier molecular flexibility index (Phi) is 6.53. The van der Waals surface area contributed by atoms with Crippen molar-refractivity contribution in [1.82, 2.24) is 35.9 Å². The number of amides is 1. The first-order valence-corrected chi connectivity index (χ1v) is 10.6. The van der Waals surface area contributed by atoms with Crippen molar-refractivity contribution in [3.8, 4) is 11.3 Å². The zero-order chi connectivity index (χ0) is 23.4. The monoisotopic (exact) mass is 448 g/mol. The van der Waals surface area contributed by atoms with Crippen LogP contribution in [0.5, 0.6) is 0 Å². The van der Waals surface area contributed by atoms with E-state index in [9.17, 15) is 9.18 Å². The zero-order valence-corrected chi connectivity index (χ0v) is 18.7. The first-order valence-electron chi connectivity index (χ1n) is 10.6. The average molecular weight is 449 g/mol. The largest absolute Gasteiger partial charge is 0.355 e. The van der Waals surface area contributed by atoms with Gasteiger partial charge in [0.25, 0.3) is 5.91 Å². The highest BCUT2D eigenvalue weighted by Gasteiger charge is 2.15. The van der Waals surface area contributed by atoms with Crippen molar-refractivity contribution in [1.29, 1.82) is 0 Å². The highest BCUT2D eigenvalue weighted by Crippen LogP contribution is 2.22. The number of halogens is 1. The predicted molar refractivity (Wildman–Crippen MR) is 122 cm³/mol. The molecule has 9 nitrogen and oxygen atoms in total. The molecule has 1 aliphatic heterocycles. The minimum Gasteiger partial charge on any atom is -0.355 e. The van der Waals surface area contributed by atoms with E-state index < -0.39 is 5.95 Å². The van der Waals surface area contributed by atoms with Gasteiger partial charge in [-0.15, -0.1) is 0 Å². The number of nitrogens with one attached hydrogen (secondary N) is 3. The SMILES string of the molecule is Cc1cc(C)nc(CNC(=O)c2cc(CNC3=NCCN3)cc(-c3ccc(F)nc3C)n2)n1.